The predicted octanol–water partition coefficient (Wildman–Crippen LogP) is 2.93. The smallest absolute Gasteiger partial charge is 0.243 e. The zero-order chi connectivity index (χ0) is 17.1. The molecule has 128 valence electrons. The van der Waals surface area contributed by atoms with Crippen molar-refractivity contribution in [3.8, 4) is 11.4 Å². The first-order chi connectivity index (χ1) is 11.5. The molecule has 1 amide bonds. The van der Waals surface area contributed by atoms with Gasteiger partial charge in [0.1, 0.15) is 6.54 Å². The van der Waals surface area contributed by atoms with E-state index in [1.807, 2.05) is 12.1 Å². The molecule has 1 aliphatic carbocycles. The Morgan fingerprint density at radius 3 is 3.00 bits per heavy atom. The summed E-state index contributed by atoms with van der Waals surface area (Å²) in [5.41, 5.74) is 0.781. The summed E-state index contributed by atoms with van der Waals surface area (Å²) in [6.45, 7) is 4.53. The number of benzene rings is 1. The van der Waals surface area contributed by atoms with Gasteiger partial charge in [-0.2, -0.15) is 4.80 Å². The molecule has 24 heavy (non-hydrogen) atoms. The summed E-state index contributed by atoms with van der Waals surface area (Å²) < 4.78 is 0. The zero-order valence-electron chi connectivity index (χ0n) is 13.9. The summed E-state index contributed by atoms with van der Waals surface area (Å²) in [6, 6.07) is 7.48. The molecule has 0 aliphatic heterocycles. The van der Waals surface area contributed by atoms with Crippen LogP contribution >= 0.6 is 11.6 Å². The fourth-order valence-corrected chi connectivity index (χ4v) is 3.41. The van der Waals surface area contributed by atoms with Crippen LogP contribution in [0.4, 0.5) is 0 Å². The third-order valence-electron chi connectivity index (χ3n) is 4.87. The second kappa shape index (κ2) is 7.30. The second-order valence-corrected chi connectivity index (χ2v) is 7.03. The van der Waals surface area contributed by atoms with Gasteiger partial charge < -0.3 is 5.32 Å². The predicted molar refractivity (Wildman–Crippen MR) is 92.4 cm³/mol. The maximum absolute atomic E-state index is 12.3. The number of tetrazole rings is 1. The molecule has 3 atom stereocenters. The van der Waals surface area contributed by atoms with Crippen molar-refractivity contribution in [3.05, 3.63) is 29.3 Å². The van der Waals surface area contributed by atoms with E-state index in [0.29, 0.717) is 22.7 Å². The lowest BCUT2D eigenvalue weighted by Crippen LogP contribution is -2.45. The van der Waals surface area contributed by atoms with Crippen LogP contribution in [0.3, 0.4) is 0 Å². The molecule has 1 saturated carbocycles. The Balaban J connectivity index is 1.61. The molecule has 7 heteroatoms. The lowest BCUT2D eigenvalue weighted by atomic mass is 9.78. The average molecular weight is 348 g/mol. The number of aromatic nitrogens is 4. The monoisotopic (exact) mass is 347 g/mol. The van der Waals surface area contributed by atoms with E-state index in [4.69, 9.17) is 11.6 Å². The van der Waals surface area contributed by atoms with Crippen LogP contribution in [0.2, 0.25) is 5.02 Å². The first kappa shape index (κ1) is 16.9. The van der Waals surface area contributed by atoms with E-state index in [-0.39, 0.29) is 18.5 Å². The fourth-order valence-electron chi connectivity index (χ4n) is 3.22. The molecule has 1 N–H and O–H groups in total. The van der Waals surface area contributed by atoms with Gasteiger partial charge in [-0.25, -0.2) is 0 Å². The van der Waals surface area contributed by atoms with Crippen LogP contribution < -0.4 is 5.32 Å². The molecule has 1 aromatic heterocycles. The average Bonchev–Trinajstić information content (AvgIpc) is 3.00. The van der Waals surface area contributed by atoms with Crippen molar-refractivity contribution in [1.29, 1.82) is 0 Å². The molecule has 0 spiro atoms. The Labute approximate surface area is 146 Å². The van der Waals surface area contributed by atoms with Gasteiger partial charge in [-0.3, -0.25) is 4.79 Å². The van der Waals surface area contributed by atoms with E-state index in [1.165, 1.54) is 11.2 Å². The van der Waals surface area contributed by atoms with Gasteiger partial charge in [-0.15, -0.1) is 10.2 Å². The lowest BCUT2D eigenvalue weighted by Gasteiger charge is -2.34. The van der Waals surface area contributed by atoms with Gasteiger partial charge in [-0.1, -0.05) is 50.4 Å². The van der Waals surface area contributed by atoms with Gasteiger partial charge in [0.15, 0.2) is 0 Å². The van der Waals surface area contributed by atoms with Crippen molar-refractivity contribution in [2.24, 2.45) is 11.8 Å². The Morgan fingerprint density at radius 1 is 1.38 bits per heavy atom. The van der Waals surface area contributed by atoms with Crippen molar-refractivity contribution in [2.75, 3.05) is 0 Å². The number of carbonyl (C=O) groups is 1. The number of nitrogens with one attached hydrogen (secondary N) is 1. The minimum absolute atomic E-state index is 0.0732. The van der Waals surface area contributed by atoms with Gasteiger partial charge in [0, 0.05) is 16.6 Å². The maximum atomic E-state index is 12.3. The zero-order valence-corrected chi connectivity index (χ0v) is 14.7. The Morgan fingerprint density at radius 2 is 2.21 bits per heavy atom. The van der Waals surface area contributed by atoms with E-state index in [1.54, 1.807) is 12.1 Å². The van der Waals surface area contributed by atoms with E-state index < -0.39 is 0 Å². The van der Waals surface area contributed by atoms with E-state index in [9.17, 15) is 4.79 Å². The molecule has 2 aromatic rings. The molecule has 1 fully saturated rings. The SMILES string of the molecule is C[C@H]1[C@@H](NC(=O)Cn2nnc(-c3cccc(Cl)c3)n2)CCC[C@@H]1C. The Hall–Kier alpha value is -1.95. The lowest BCUT2D eigenvalue weighted by molar-refractivity contribution is -0.123. The van der Waals surface area contributed by atoms with Gasteiger partial charge in [0.25, 0.3) is 0 Å². The molecule has 6 nitrogen and oxygen atoms in total. The first-order valence-electron chi connectivity index (χ1n) is 8.36. The van der Waals surface area contributed by atoms with Crippen molar-refractivity contribution >= 4 is 17.5 Å². The summed E-state index contributed by atoms with van der Waals surface area (Å²) in [5.74, 6) is 1.53. The van der Waals surface area contributed by atoms with Crippen LogP contribution in [0, 0.1) is 11.8 Å². The Bertz CT molecular complexity index is 717. The minimum atomic E-state index is -0.0732. The topological polar surface area (TPSA) is 72.7 Å². The number of hydrogen-bond donors (Lipinski definition) is 1. The summed E-state index contributed by atoms with van der Waals surface area (Å²) >= 11 is 5.97. The molecular formula is C17H22ClN5O. The van der Waals surface area contributed by atoms with Gasteiger partial charge in [-0.05, 0) is 35.6 Å². The van der Waals surface area contributed by atoms with Crippen molar-refractivity contribution in [1.82, 2.24) is 25.5 Å². The van der Waals surface area contributed by atoms with Crippen molar-refractivity contribution in [2.45, 2.75) is 45.7 Å². The third-order valence-corrected chi connectivity index (χ3v) is 5.11. The molecule has 1 aliphatic rings. The van der Waals surface area contributed by atoms with Gasteiger partial charge in [0.05, 0.1) is 0 Å². The number of carbonyl (C=O) groups excluding carboxylic acids is 1. The van der Waals surface area contributed by atoms with Crippen LogP contribution in [0.5, 0.6) is 0 Å². The summed E-state index contributed by atoms with van der Waals surface area (Å²) in [4.78, 5) is 13.6. The number of rotatable bonds is 4. The molecular weight excluding hydrogens is 326 g/mol. The number of halogens is 1. The molecule has 0 unspecified atom stereocenters. The molecule has 1 aromatic carbocycles. The molecule has 0 radical (unpaired) electrons. The number of nitrogens with zero attached hydrogens (tertiary/aromatic N) is 4. The maximum Gasteiger partial charge on any atom is 0.243 e. The fraction of sp³-hybridized carbons (Fsp3) is 0.529. The molecule has 3 rings (SSSR count). The number of amides is 1. The minimum Gasteiger partial charge on any atom is -0.351 e. The molecule has 0 saturated heterocycles. The van der Waals surface area contributed by atoms with E-state index >= 15 is 0 Å². The third kappa shape index (κ3) is 3.93. The summed E-state index contributed by atoms with van der Waals surface area (Å²) in [5, 5.41) is 16.0. The van der Waals surface area contributed by atoms with Crippen LogP contribution in [-0.4, -0.2) is 32.2 Å². The van der Waals surface area contributed by atoms with Crippen LogP contribution in [0.15, 0.2) is 24.3 Å². The van der Waals surface area contributed by atoms with E-state index in [0.717, 1.165) is 18.4 Å². The highest BCUT2D eigenvalue weighted by molar-refractivity contribution is 6.30. The van der Waals surface area contributed by atoms with Crippen LogP contribution in [0.25, 0.3) is 11.4 Å². The first-order valence-corrected chi connectivity index (χ1v) is 8.74. The Kier molecular flexibility index (Phi) is 5.14. The standard InChI is InChI=1S/C17H22ClN5O/c1-11-5-3-8-15(12(11)2)19-16(24)10-23-21-17(20-22-23)13-6-4-7-14(18)9-13/h4,6-7,9,11-12,15H,3,5,8,10H2,1-2H3,(H,19,24)/t11-,12+,15-/m0/s1. The highest BCUT2D eigenvalue weighted by atomic mass is 35.5. The highest BCUT2D eigenvalue weighted by Gasteiger charge is 2.28. The van der Waals surface area contributed by atoms with E-state index in [2.05, 4.69) is 34.6 Å². The number of hydrogen-bond acceptors (Lipinski definition) is 4. The van der Waals surface area contributed by atoms with Gasteiger partial charge >= 0.3 is 0 Å². The summed E-state index contributed by atoms with van der Waals surface area (Å²) in [7, 11) is 0. The summed E-state index contributed by atoms with van der Waals surface area (Å²) in [6.07, 6.45) is 3.44. The van der Waals surface area contributed by atoms with Crippen LogP contribution in [-0.2, 0) is 11.3 Å². The van der Waals surface area contributed by atoms with Gasteiger partial charge in [0.2, 0.25) is 11.7 Å². The molecule has 0 bridgehead atoms. The van der Waals surface area contributed by atoms with Crippen LogP contribution in [0.1, 0.15) is 33.1 Å². The quantitative estimate of drug-likeness (QED) is 0.922. The largest absolute Gasteiger partial charge is 0.351 e. The van der Waals surface area contributed by atoms with Crippen molar-refractivity contribution in [3.63, 3.8) is 0 Å². The molecule has 1 heterocycles. The highest BCUT2D eigenvalue weighted by Crippen LogP contribution is 2.29. The second-order valence-electron chi connectivity index (χ2n) is 6.60. The normalized spacial score (nSPS) is 23.9. The van der Waals surface area contributed by atoms with Crippen molar-refractivity contribution < 1.29 is 4.79 Å².